The van der Waals surface area contributed by atoms with Gasteiger partial charge in [-0.2, -0.15) is 4.98 Å². The van der Waals surface area contributed by atoms with Crippen LogP contribution in [0.1, 0.15) is 35.6 Å². The number of nitrogens with zero attached hydrogens (tertiary/aromatic N) is 4. The van der Waals surface area contributed by atoms with E-state index in [1.165, 1.54) is 16.1 Å². The van der Waals surface area contributed by atoms with Crippen molar-refractivity contribution >= 4 is 46.4 Å². The molecule has 1 unspecified atom stereocenters. The largest absolute Gasteiger partial charge is 0.338 e. The lowest BCUT2D eigenvalue weighted by Gasteiger charge is -2.20. The Balaban J connectivity index is 0.00000104. The predicted molar refractivity (Wildman–Crippen MR) is 98.7 cm³/mol. The molecule has 3 heterocycles. The molecule has 24 heavy (non-hydrogen) atoms. The first-order chi connectivity index (χ1) is 10.8. The summed E-state index contributed by atoms with van der Waals surface area (Å²) >= 11 is 1.78. The predicted octanol–water partition coefficient (Wildman–Crippen LogP) is 3.32. The zero-order valence-electron chi connectivity index (χ0n) is 12.9. The number of rotatable bonds is 4. The summed E-state index contributed by atoms with van der Waals surface area (Å²) < 4.78 is 6.33. The number of hydrogen-bond acceptors (Lipinski definition) is 7. The van der Waals surface area contributed by atoms with E-state index in [1.54, 1.807) is 11.3 Å². The van der Waals surface area contributed by atoms with Crippen LogP contribution in [0, 0.1) is 0 Å². The Morgan fingerprint density at radius 3 is 2.83 bits per heavy atom. The lowest BCUT2D eigenvalue weighted by Crippen LogP contribution is -2.23. The van der Waals surface area contributed by atoms with Crippen LogP contribution < -0.4 is 5.73 Å². The molecular weight excluding hydrogens is 369 g/mol. The molecule has 4 rings (SSSR count). The Morgan fingerprint density at radius 2 is 2.08 bits per heavy atom. The average Bonchev–Trinajstić information content (AvgIpc) is 3.25. The number of benzene rings is 1. The highest BCUT2D eigenvalue weighted by atomic mass is 35.5. The van der Waals surface area contributed by atoms with Gasteiger partial charge in [0.25, 0.3) is 0 Å². The minimum absolute atomic E-state index is 0. The second-order valence-electron chi connectivity index (χ2n) is 5.46. The zero-order chi connectivity index (χ0) is 14.9. The van der Waals surface area contributed by atoms with Crippen molar-refractivity contribution in [1.82, 2.24) is 20.0 Å². The molecule has 9 heteroatoms. The van der Waals surface area contributed by atoms with Crippen molar-refractivity contribution in [2.45, 2.75) is 32.0 Å². The number of halogens is 2. The standard InChI is InChI=1S/C15H17N5OS.2ClH/c16-8-14-18-13(19-21-14)9-20-7-3-5-11(20)15-17-10-4-1-2-6-12(10)22-15;;/h1-2,4,6,11H,3,5,7-9,16H2;2*1H. The van der Waals surface area contributed by atoms with E-state index in [1.807, 2.05) is 6.07 Å². The molecule has 3 aromatic rings. The monoisotopic (exact) mass is 387 g/mol. The highest BCUT2D eigenvalue weighted by Gasteiger charge is 2.29. The Bertz CT molecular complexity index is 760. The van der Waals surface area contributed by atoms with Gasteiger partial charge >= 0.3 is 0 Å². The van der Waals surface area contributed by atoms with Gasteiger partial charge in [0.15, 0.2) is 5.82 Å². The first-order valence-corrected chi connectivity index (χ1v) is 8.26. The van der Waals surface area contributed by atoms with E-state index in [9.17, 15) is 0 Å². The number of fused-ring (bicyclic) bond motifs is 1. The van der Waals surface area contributed by atoms with Crippen molar-refractivity contribution in [3.63, 3.8) is 0 Å². The van der Waals surface area contributed by atoms with Gasteiger partial charge in [0.1, 0.15) is 5.01 Å². The minimum atomic E-state index is 0. The summed E-state index contributed by atoms with van der Waals surface area (Å²) in [6.07, 6.45) is 2.30. The number of para-hydroxylation sites is 1. The van der Waals surface area contributed by atoms with Crippen molar-refractivity contribution in [2.75, 3.05) is 6.54 Å². The number of nitrogens with two attached hydrogens (primary N) is 1. The Morgan fingerprint density at radius 1 is 1.25 bits per heavy atom. The van der Waals surface area contributed by atoms with Crippen molar-refractivity contribution in [1.29, 1.82) is 0 Å². The van der Waals surface area contributed by atoms with Gasteiger partial charge in [-0.3, -0.25) is 4.90 Å². The first kappa shape index (κ1) is 19.1. The van der Waals surface area contributed by atoms with Crippen LogP contribution >= 0.6 is 36.2 Å². The molecule has 130 valence electrons. The summed E-state index contributed by atoms with van der Waals surface area (Å²) in [4.78, 5) is 11.5. The van der Waals surface area contributed by atoms with Crippen molar-refractivity contribution in [3.8, 4) is 0 Å². The average molecular weight is 388 g/mol. The van der Waals surface area contributed by atoms with Crippen LogP contribution in [-0.2, 0) is 13.1 Å². The molecule has 1 saturated heterocycles. The van der Waals surface area contributed by atoms with Crippen molar-refractivity contribution in [2.24, 2.45) is 5.73 Å². The van der Waals surface area contributed by atoms with E-state index in [4.69, 9.17) is 15.2 Å². The molecule has 1 aliphatic heterocycles. The summed E-state index contributed by atoms with van der Waals surface area (Å²) in [6.45, 7) is 2.01. The number of hydrogen-bond donors (Lipinski definition) is 1. The fourth-order valence-corrected chi connectivity index (χ4v) is 4.08. The summed E-state index contributed by atoms with van der Waals surface area (Å²) in [7, 11) is 0. The van der Waals surface area contributed by atoms with Gasteiger partial charge in [0.05, 0.1) is 29.3 Å². The van der Waals surface area contributed by atoms with E-state index < -0.39 is 0 Å². The van der Waals surface area contributed by atoms with Crippen LogP contribution in [0.15, 0.2) is 28.8 Å². The number of aromatic nitrogens is 3. The first-order valence-electron chi connectivity index (χ1n) is 7.44. The number of thiazole rings is 1. The van der Waals surface area contributed by atoms with Crippen LogP contribution in [0.5, 0.6) is 0 Å². The third-order valence-electron chi connectivity index (χ3n) is 3.99. The minimum Gasteiger partial charge on any atom is -0.338 e. The van der Waals surface area contributed by atoms with Gasteiger partial charge in [-0.25, -0.2) is 4.98 Å². The molecule has 0 radical (unpaired) electrons. The smallest absolute Gasteiger partial charge is 0.240 e. The maximum atomic E-state index is 5.51. The molecule has 0 amide bonds. The van der Waals surface area contributed by atoms with E-state index in [0.717, 1.165) is 18.5 Å². The van der Waals surface area contributed by atoms with E-state index >= 15 is 0 Å². The highest BCUT2D eigenvalue weighted by molar-refractivity contribution is 7.18. The van der Waals surface area contributed by atoms with E-state index in [2.05, 4.69) is 33.2 Å². The van der Waals surface area contributed by atoms with Crippen LogP contribution in [0.4, 0.5) is 0 Å². The van der Waals surface area contributed by atoms with E-state index in [0.29, 0.717) is 24.3 Å². The topological polar surface area (TPSA) is 81.1 Å². The molecule has 1 aliphatic rings. The SMILES string of the molecule is Cl.Cl.NCc1nc(CN2CCCC2c2nc3ccccc3s2)no1. The van der Waals surface area contributed by atoms with Gasteiger partial charge < -0.3 is 10.3 Å². The molecule has 2 N–H and O–H groups in total. The van der Waals surface area contributed by atoms with Gasteiger partial charge in [-0.1, -0.05) is 17.3 Å². The lowest BCUT2D eigenvalue weighted by atomic mass is 10.2. The molecule has 6 nitrogen and oxygen atoms in total. The fraction of sp³-hybridized carbons (Fsp3) is 0.400. The molecular formula is C15H19Cl2N5OS. The van der Waals surface area contributed by atoms with Gasteiger partial charge in [-0.05, 0) is 31.5 Å². The van der Waals surface area contributed by atoms with Gasteiger partial charge in [0.2, 0.25) is 5.89 Å². The normalized spacial score (nSPS) is 17.6. The van der Waals surface area contributed by atoms with Crippen molar-refractivity contribution < 1.29 is 4.52 Å². The quantitative estimate of drug-likeness (QED) is 0.739. The Kier molecular flexibility index (Phi) is 6.54. The fourth-order valence-electron chi connectivity index (χ4n) is 2.95. The zero-order valence-corrected chi connectivity index (χ0v) is 15.4. The van der Waals surface area contributed by atoms with Crippen LogP contribution in [-0.4, -0.2) is 26.6 Å². The molecule has 0 aliphatic carbocycles. The van der Waals surface area contributed by atoms with Crippen LogP contribution in [0.3, 0.4) is 0 Å². The molecule has 1 atom stereocenters. The summed E-state index contributed by atoms with van der Waals surface area (Å²) in [5.41, 5.74) is 6.60. The molecule has 1 aromatic carbocycles. The summed E-state index contributed by atoms with van der Waals surface area (Å²) in [6, 6.07) is 8.64. The summed E-state index contributed by atoms with van der Waals surface area (Å²) in [5.74, 6) is 1.19. The summed E-state index contributed by atoms with van der Waals surface area (Å²) in [5, 5.41) is 5.18. The Hall–Kier alpha value is -1.25. The van der Waals surface area contributed by atoms with Crippen molar-refractivity contribution in [3.05, 3.63) is 41.0 Å². The van der Waals surface area contributed by atoms with Crippen LogP contribution in [0.25, 0.3) is 10.2 Å². The van der Waals surface area contributed by atoms with E-state index in [-0.39, 0.29) is 31.4 Å². The molecule has 0 bridgehead atoms. The molecule has 0 saturated carbocycles. The van der Waals surface area contributed by atoms with Crippen LogP contribution in [0.2, 0.25) is 0 Å². The highest BCUT2D eigenvalue weighted by Crippen LogP contribution is 2.36. The number of likely N-dealkylation sites (tertiary alicyclic amines) is 1. The lowest BCUT2D eigenvalue weighted by molar-refractivity contribution is 0.237. The third-order valence-corrected chi connectivity index (χ3v) is 5.13. The second-order valence-corrected chi connectivity index (χ2v) is 6.52. The maximum absolute atomic E-state index is 5.51. The maximum Gasteiger partial charge on any atom is 0.240 e. The second kappa shape index (κ2) is 8.22. The third kappa shape index (κ3) is 3.70. The molecule has 0 spiro atoms. The molecule has 1 fully saturated rings. The van der Waals surface area contributed by atoms with Gasteiger partial charge in [0, 0.05) is 0 Å². The Labute approximate surface area is 156 Å². The van der Waals surface area contributed by atoms with Gasteiger partial charge in [-0.15, -0.1) is 36.2 Å². The molecule has 2 aromatic heterocycles.